The third-order valence-electron chi connectivity index (χ3n) is 3.78. The Bertz CT molecular complexity index is 805. The third-order valence-corrected chi connectivity index (χ3v) is 3.78. The summed E-state index contributed by atoms with van der Waals surface area (Å²) in [7, 11) is 3.18. The highest BCUT2D eigenvalue weighted by Gasteiger charge is 2.10. The molecular weight excluding hydrogens is 320 g/mol. The van der Waals surface area contributed by atoms with Crippen LogP contribution in [0.2, 0.25) is 0 Å². The number of ether oxygens (including phenoxy) is 3. The van der Waals surface area contributed by atoms with Gasteiger partial charge in [-0.1, -0.05) is 36.3 Å². The van der Waals surface area contributed by atoms with Crippen LogP contribution in [0.25, 0.3) is 11.4 Å². The molecule has 0 amide bonds. The molecule has 0 aliphatic carbocycles. The first-order chi connectivity index (χ1) is 12.2. The van der Waals surface area contributed by atoms with Crippen LogP contribution >= 0.6 is 0 Å². The van der Waals surface area contributed by atoms with Crippen LogP contribution in [-0.4, -0.2) is 24.4 Å². The molecule has 0 bridgehead atoms. The zero-order valence-electron chi connectivity index (χ0n) is 14.5. The van der Waals surface area contributed by atoms with Gasteiger partial charge in [0.2, 0.25) is 5.82 Å². The smallest absolute Gasteiger partial charge is 0.264 e. The van der Waals surface area contributed by atoms with Crippen molar-refractivity contribution in [3.05, 3.63) is 53.9 Å². The van der Waals surface area contributed by atoms with E-state index in [4.69, 9.17) is 18.7 Å². The molecule has 0 aliphatic rings. The molecule has 0 spiro atoms. The summed E-state index contributed by atoms with van der Waals surface area (Å²) in [6.45, 7) is 2.28. The van der Waals surface area contributed by atoms with Crippen molar-refractivity contribution in [1.29, 1.82) is 0 Å². The van der Waals surface area contributed by atoms with Crippen LogP contribution in [0.15, 0.2) is 47.0 Å². The molecule has 0 fully saturated rings. The highest BCUT2D eigenvalue weighted by atomic mass is 16.5. The Kier molecular flexibility index (Phi) is 5.18. The van der Waals surface area contributed by atoms with E-state index in [9.17, 15) is 0 Å². The second-order valence-corrected chi connectivity index (χ2v) is 5.40. The molecule has 0 N–H and O–H groups in total. The van der Waals surface area contributed by atoms with Crippen LogP contribution in [0.1, 0.15) is 18.4 Å². The lowest BCUT2D eigenvalue weighted by molar-refractivity contribution is 0.241. The summed E-state index contributed by atoms with van der Waals surface area (Å²) in [5, 5.41) is 4.01. The highest BCUT2D eigenvalue weighted by Crippen LogP contribution is 2.28. The van der Waals surface area contributed by atoms with Gasteiger partial charge in [-0.25, -0.2) is 0 Å². The van der Waals surface area contributed by atoms with Crippen molar-refractivity contribution < 1.29 is 18.7 Å². The van der Waals surface area contributed by atoms with Crippen molar-refractivity contribution in [3.8, 4) is 28.6 Å². The van der Waals surface area contributed by atoms with Gasteiger partial charge in [0, 0.05) is 23.8 Å². The van der Waals surface area contributed by atoms with Crippen LogP contribution in [0, 0.1) is 0 Å². The third kappa shape index (κ3) is 4.09. The lowest BCUT2D eigenvalue weighted by Gasteiger charge is -2.08. The molecule has 3 rings (SSSR count). The second kappa shape index (κ2) is 7.70. The zero-order chi connectivity index (χ0) is 17.6. The van der Waals surface area contributed by atoms with Gasteiger partial charge < -0.3 is 18.7 Å². The van der Waals surface area contributed by atoms with Gasteiger partial charge >= 0.3 is 0 Å². The summed E-state index contributed by atoms with van der Waals surface area (Å²) in [6.07, 6.45) is 0.996. The Hall–Kier alpha value is -3.02. The first-order valence-corrected chi connectivity index (χ1v) is 7.99. The monoisotopic (exact) mass is 340 g/mol. The summed E-state index contributed by atoms with van der Waals surface area (Å²) in [4.78, 5) is 4.37. The minimum atomic E-state index is 0.163. The Morgan fingerprint density at radius 2 is 1.56 bits per heavy atom. The van der Waals surface area contributed by atoms with E-state index in [1.54, 1.807) is 32.4 Å². The number of hydrogen-bond acceptors (Lipinski definition) is 6. The predicted octanol–water partition coefficient (Wildman–Crippen LogP) is 3.90. The Morgan fingerprint density at radius 1 is 0.920 bits per heavy atom. The van der Waals surface area contributed by atoms with Crippen molar-refractivity contribution in [1.82, 2.24) is 10.1 Å². The molecular formula is C19H20N2O4. The number of rotatable bonds is 7. The fraction of sp³-hybridized carbons (Fsp3) is 0.263. The molecule has 25 heavy (non-hydrogen) atoms. The Labute approximate surface area is 146 Å². The summed E-state index contributed by atoms with van der Waals surface area (Å²) in [6, 6.07) is 13.4. The lowest BCUT2D eigenvalue weighted by atomic mass is 10.1. The number of nitrogens with zero attached hydrogens (tertiary/aromatic N) is 2. The molecule has 0 saturated heterocycles. The van der Waals surface area contributed by atoms with E-state index in [1.807, 2.05) is 12.1 Å². The molecule has 6 nitrogen and oxygen atoms in total. The summed E-state index contributed by atoms with van der Waals surface area (Å²) >= 11 is 0. The Morgan fingerprint density at radius 3 is 2.16 bits per heavy atom. The molecule has 1 aromatic heterocycles. The van der Waals surface area contributed by atoms with E-state index in [-0.39, 0.29) is 6.61 Å². The number of hydrogen-bond donors (Lipinski definition) is 0. The molecule has 0 atom stereocenters. The lowest BCUT2D eigenvalue weighted by Crippen LogP contribution is -1.97. The van der Waals surface area contributed by atoms with E-state index < -0.39 is 0 Å². The molecule has 2 aromatic carbocycles. The molecule has 0 saturated carbocycles. The van der Waals surface area contributed by atoms with Gasteiger partial charge in [-0.2, -0.15) is 4.98 Å². The normalized spacial score (nSPS) is 10.5. The van der Waals surface area contributed by atoms with Gasteiger partial charge in [-0.15, -0.1) is 0 Å². The minimum absolute atomic E-state index is 0.163. The maximum Gasteiger partial charge on any atom is 0.264 e. The SMILES string of the molecule is CCc1ccc(-c2noc(COc3cc(OC)cc(OC)c3)n2)cc1. The molecule has 0 radical (unpaired) electrons. The molecule has 3 aromatic rings. The molecule has 0 aliphatic heterocycles. The van der Waals surface area contributed by atoms with Crippen molar-refractivity contribution >= 4 is 0 Å². The maximum absolute atomic E-state index is 5.71. The van der Waals surface area contributed by atoms with Crippen LogP contribution < -0.4 is 14.2 Å². The molecule has 0 unspecified atom stereocenters. The van der Waals surface area contributed by atoms with Crippen molar-refractivity contribution in [2.75, 3.05) is 14.2 Å². The first kappa shape index (κ1) is 16.8. The van der Waals surface area contributed by atoms with Crippen molar-refractivity contribution in [3.63, 3.8) is 0 Å². The quantitative estimate of drug-likeness (QED) is 0.650. The average molecular weight is 340 g/mol. The number of benzene rings is 2. The highest BCUT2D eigenvalue weighted by molar-refractivity contribution is 5.54. The van der Waals surface area contributed by atoms with E-state index in [1.165, 1.54) is 5.56 Å². The zero-order valence-corrected chi connectivity index (χ0v) is 14.5. The van der Waals surface area contributed by atoms with Gasteiger partial charge in [0.1, 0.15) is 17.2 Å². The molecule has 130 valence electrons. The standard InChI is InChI=1S/C19H20N2O4/c1-4-13-5-7-14(8-6-13)19-20-18(25-21-19)12-24-17-10-15(22-2)9-16(11-17)23-3/h5-11H,4,12H2,1-3H3. The largest absolute Gasteiger partial charge is 0.496 e. The van der Waals surface area contributed by atoms with E-state index in [0.717, 1.165) is 12.0 Å². The van der Waals surface area contributed by atoms with Crippen LogP contribution in [0.3, 0.4) is 0 Å². The van der Waals surface area contributed by atoms with Crippen LogP contribution in [-0.2, 0) is 13.0 Å². The first-order valence-electron chi connectivity index (χ1n) is 7.99. The van der Waals surface area contributed by atoms with Crippen molar-refractivity contribution in [2.24, 2.45) is 0 Å². The number of aromatic nitrogens is 2. The van der Waals surface area contributed by atoms with E-state index in [2.05, 4.69) is 29.2 Å². The van der Waals surface area contributed by atoms with Crippen LogP contribution in [0.4, 0.5) is 0 Å². The van der Waals surface area contributed by atoms with Crippen LogP contribution in [0.5, 0.6) is 17.2 Å². The maximum atomic E-state index is 5.71. The summed E-state index contributed by atoms with van der Waals surface area (Å²) in [5.41, 5.74) is 2.18. The minimum Gasteiger partial charge on any atom is -0.496 e. The van der Waals surface area contributed by atoms with Gasteiger partial charge in [-0.3, -0.25) is 0 Å². The molecule has 1 heterocycles. The topological polar surface area (TPSA) is 66.6 Å². The number of methoxy groups -OCH3 is 2. The average Bonchev–Trinajstić information content (AvgIpc) is 3.15. The Balaban J connectivity index is 1.69. The van der Waals surface area contributed by atoms with Crippen molar-refractivity contribution in [2.45, 2.75) is 20.0 Å². The van der Waals surface area contributed by atoms with Gasteiger partial charge in [0.25, 0.3) is 5.89 Å². The fourth-order valence-corrected chi connectivity index (χ4v) is 2.33. The summed E-state index contributed by atoms with van der Waals surface area (Å²) < 4.78 is 21.4. The predicted molar refractivity (Wildman–Crippen MR) is 93.0 cm³/mol. The second-order valence-electron chi connectivity index (χ2n) is 5.40. The van der Waals surface area contributed by atoms with Gasteiger partial charge in [-0.05, 0) is 12.0 Å². The summed E-state index contributed by atoms with van der Waals surface area (Å²) in [5.74, 6) is 2.84. The van der Waals surface area contributed by atoms with E-state index in [0.29, 0.717) is 29.0 Å². The fourth-order valence-electron chi connectivity index (χ4n) is 2.33. The van der Waals surface area contributed by atoms with Gasteiger partial charge in [0.15, 0.2) is 6.61 Å². The van der Waals surface area contributed by atoms with Gasteiger partial charge in [0.05, 0.1) is 14.2 Å². The van der Waals surface area contributed by atoms with E-state index >= 15 is 0 Å². The number of aryl methyl sites for hydroxylation is 1. The molecule has 6 heteroatoms.